The third kappa shape index (κ3) is 4.31. The third-order valence-electron chi connectivity index (χ3n) is 5.30. The SMILES string of the molecule is Cc1ccc(C(=O)NCc2ccccc2CN2CCCC(C)C2)n1C. The second-order valence-corrected chi connectivity index (χ2v) is 7.35. The molecule has 1 aliphatic rings. The zero-order valence-electron chi connectivity index (χ0n) is 15.6. The number of hydrogen-bond acceptors (Lipinski definition) is 2. The van der Waals surface area contributed by atoms with E-state index in [1.165, 1.54) is 37.1 Å². The van der Waals surface area contributed by atoms with Gasteiger partial charge in [0.15, 0.2) is 0 Å². The number of aromatic nitrogens is 1. The average Bonchev–Trinajstić information content (AvgIpc) is 2.93. The van der Waals surface area contributed by atoms with Gasteiger partial charge in [0.05, 0.1) is 0 Å². The molecule has 1 aliphatic heterocycles. The number of amides is 1. The van der Waals surface area contributed by atoms with Crippen molar-refractivity contribution in [2.45, 2.75) is 39.8 Å². The predicted octanol–water partition coefficient (Wildman–Crippen LogP) is 3.50. The summed E-state index contributed by atoms with van der Waals surface area (Å²) >= 11 is 0. The largest absolute Gasteiger partial charge is 0.347 e. The molecule has 4 heteroatoms. The first-order valence-corrected chi connectivity index (χ1v) is 9.24. The predicted molar refractivity (Wildman–Crippen MR) is 101 cm³/mol. The van der Waals surface area contributed by atoms with Crippen LogP contribution in [-0.2, 0) is 20.1 Å². The number of nitrogens with one attached hydrogen (secondary N) is 1. The van der Waals surface area contributed by atoms with Gasteiger partial charge < -0.3 is 9.88 Å². The van der Waals surface area contributed by atoms with Gasteiger partial charge in [-0.2, -0.15) is 0 Å². The highest BCUT2D eigenvalue weighted by Crippen LogP contribution is 2.19. The van der Waals surface area contributed by atoms with Crippen molar-refractivity contribution in [1.29, 1.82) is 0 Å². The Labute approximate surface area is 150 Å². The summed E-state index contributed by atoms with van der Waals surface area (Å²) < 4.78 is 1.93. The van der Waals surface area contributed by atoms with Crippen molar-refractivity contribution in [2.75, 3.05) is 13.1 Å². The molecule has 1 aromatic carbocycles. The summed E-state index contributed by atoms with van der Waals surface area (Å²) in [5.41, 5.74) is 4.32. The zero-order valence-corrected chi connectivity index (χ0v) is 15.6. The van der Waals surface area contributed by atoms with Crippen LogP contribution in [0.1, 0.15) is 47.1 Å². The van der Waals surface area contributed by atoms with Gasteiger partial charge in [0.25, 0.3) is 5.91 Å². The molecule has 3 rings (SSSR count). The highest BCUT2D eigenvalue weighted by Gasteiger charge is 2.17. The monoisotopic (exact) mass is 339 g/mol. The second-order valence-electron chi connectivity index (χ2n) is 7.35. The molecule has 1 saturated heterocycles. The van der Waals surface area contributed by atoms with Crippen molar-refractivity contribution >= 4 is 5.91 Å². The smallest absolute Gasteiger partial charge is 0.268 e. The second kappa shape index (κ2) is 7.87. The summed E-state index contributed by atoms with van der Waals surface area (Å²) in [5, 5.41) is 3.08. The minimum atomic E-state index is -0.0167. The molecular weight excluding hydrogens is 310 g/mol. The Kier molecular flexibility index (Phi) is 5.59. The summed E-state index contributed by atoms with van der Waals surface area (Å²) in [7, 11) is 1.93. The quantitative estimate of drug-likeness (QED) is 0.905. The third-order valence-corrected chi connectivity index (χ3v) is 5.30. The number of carbonyl (C=O) groups is 1. The van der Waals surface area contributed by atoms with Crippen molar-refractivity contribution in [3.05, 3.63) is 58.9 Å². The van der Waals surface area contributed by atoms with Crippen LogP contribution in [0.4, 0.5) is 0 Å². The molecule has 1 aromatic heterocycles. The first kappa shape index (κ1) is 17.7. The standard InChI is InChI=1S/C21H29N3O/c1-16-7-6-12-24(14-16)15-19-9-5-4-8-18(19)13-22-21(25)20-11-10-17(2)23(20)3/h4-5,8-11,16H,6-7,12-15H2,1-3H3,(H,22,25). The van der Waals surface area contributed by atoms with Crippen LogP contribution in [-0.4, -0.2) is 28.5 Å². The van der Waals surface area contributed by atoms with E-state index in [0.717, 1.165) is 18.2 Å². The number of aryl methyl sites for hydroxylation is 1. The van der Waals surface area contributed by atoms with Gasteiger partial charge in [-0.15, -0.1) is 0 Å². The van der Waals surface area contributed by atoms with Crippen molar-refractivity contribution < 1.29 is 4.79 Å². The van der Waals surface area contributed by atoms with E-state index in [4.69, 9.17) is 0 Å². The molecule has 134 valence electrons. The lowest BCUT2D eigenvalue weighted by Gasteiger charge is -2.31. The van der Waals surface area contributed by atoms with E-state index in [1.807, 2.05) is 30.7 Å². The Morgan fingerprint density at radius 1 is 1.20 bits per heavy atom. The van der Waals surface area contributed by atoms with Crippen molar-refractivity contribution in [2.24, 2.45) is 13.0 Å². The van der Waals surface area contributed by atoms with E-state index in [9.17, 15) is 4.79 Å². The van der Waals surface area contributed by atoms with Gasteiger partial charge in [0.1, 0.15) is 5.69 Å². The van der Waals surface area contributed by atoms with E-state index in [-0.39, 0.29) is 5.91 Å². The molecular formula is C21H29N3O. The van der Waals surface area contributed by atoms with Gasteiger partial charge in [0.2, 0.25) is 0 Å². The maximum Gasteiger partial charge on any atom is 0.268 e. The van der Waals surface area contributed by atoms with Gasteiger partial charge in [-0.3, -0.25) is 9.69 Å². The summed E-state index contributed by atoms with van der Waals surface area (Å²) in [6.45, 7) is 8.23. The normalized spacial score (nSPS) is 18.3. The molecule has 1 N–H and O–H groups in total. The highest BCUT2D eigenvalue weighted by atomic mass is 16.1. The van der Waals surface area contributed by atoms with Gasteiger partial charge in [-0.05, 0) is 55.5 Å². The minimum Gasteiger partial charge on any atom is -0.347 e. The molecule has 2 aromatic rings. The number of likely N-dealkylation sites (tertiary alicyclic amines) is 1. The summed E-state index contributed by atoms with van der Waals surface area (Å²) in [6, 6.07) is 12.3. The first-order chi connectivity index (χ1) is 12.0. The maximum absolute atomic E-state index is 12.5. The number of rotatable bonds is 5. The van der Waals surface area contributed by atoms with E-state index in [2.05, 4.69) is 41.4 Å². The molecule has 2 heterocycles. The van der Waals surface area contributed by atoms with Crippen LogP contribution in [0.25, 0.3) is 0 Å². The van der Waals surface area contributed by atoms with Crippen LogP contribution in [0, 0.1) is 12.8 Å². The summed E-state index contributed by atoms with van der Waals surface area (Å²) in [6.07, 6.45) is 2.62. The molecule has 1 amide bonds. The van der Waals surface area contributed by atoms with E-state index >= 15 is 0 Å². The van der Waals surface area contributed by atoms with E-state index in [0.29, 0.717) is 12.2 Å². The molecule has 4 nitrogen and oxygen atoms in total. The van der Waals surface area contributed by atoms with Crippen LogP contribution in [0.15, 0.2) is 36.4 Å². The van der Waals surface area contributed by atoms with Gasteiger partial charge in [0, 0.05) is 32.4 Å². The fourth-order valence-electron chi connectivity index (χ4n) is 3.66. The van der Waals surface area contributed by atoms with Gasteiger partial charge >= 0.3 is 0 Å². The molecule has 1 unspecified atom stereocenters. The highest BCUT2D eigenvalue weighted by molar-refractivity contribution is 5.92. The Morgan fingerprint density at radius 2 is 1.96 bits per heavy atom. The molecule has 0 saturated carbocycles. The van der Waals surface area contributed by atoms with Crippen LogP contribution in [0.3, 0.4) is 0 Å². The van der Waals surface area contributed by atoms with E-state index < -0.39 is 0 Å². The Hall–Kier alpha value is -2.07. The van der Waals surface area contributed by atoms with E-state index in [1.54, 1.807) is 0 Å². The average molecular weight is 339 g/mol. The number of nitrogens with zero attached hydrogens (tertiary/aromatic N) is 2. The maximum atomic E-state index is 12.5. The van der Waals surface area contributed by atoms with Crippen LogP contribution in [0.2, 0.25) is 0 Å². The van der Waals surface area contributed by atoms with Crippen LogP contribution in [0.5, 0.6) is 0 Å². The van der Waals surface area contributed by atoms with Gasteiger partial charge in [-0.1, -0.05) is 31.2 Å². The Morgan fingerprint density at radius 3 is 2.64 bits per heavy atom. The van der Waals surface area contributed by atoms with Crippen LogP contribution < -0.4 is 5.32 Å². The molecule has 0 radical (unpaired) electrons. The van der Waals surface area contributed by atoms with Crippen LogP contribution >= 0.6 is 0 Å². The summed E-state index contributed by atoms with van der Waals surface area (Å²) in [5.74, 6) is 0.762. The number of piperidine rings is 1. The number of hydrogen-bond donors (Lipinski definition) is 1. The lowest BCUT2D eigenvalue weighted by Crippen LogP contribution is -2.34. The number of carbonyl (C=O) groups excluding carboxylic acids is 1. The molecule has 0 bridgehead atoms. The Balaban J connectivity index is 1.64. The molecule has 25 heavy (non-hydrogen) atoms. The lowest BCUT2D eigenvalue weighted by atomic mass is 9.99. The lowest BCUT2D eigenvalue weighted by molar-refractivity contribution is 0.0942. The first-order valence-electron chi connectivity index (χ1n) is 9.24. The zero-order chi connectivity index (χ0) is 17.8. The fourth-order valence-corrected chi connectivity index (χ4v) is 3.66. The molecule has 0 aliphatic carbocycles. The molecule has 0 spiro atoms. The Bertz CT molecular complexity index is 734. The summed E-state index contributed by atoms with van der Waals surface area (Å²) in [4.78, 5) is 15.0. The van der Waals surface area contributed by atoms with Crippen molar-refractivity contribution in [1.82, 2.24) is 14.8 Å². The minimum absolute atomic E-state index is 0.0167. The van der Waals surface area contributed by atoms with Gasteiger partial charge in [-0.25, -0.2) is 0 Å². The fraction of sp³-hybridized carbons (Fsp3) is 0.476. The molecule has 1 atom stereocenters. The van der Waals surface area contributed by atoms with Crippen molar-refractivity contribution in [3.8, 4) is 0 Å². The molecule has 1 fully saturated rings. The topological polar surface area (TPSA) is 37.3 Å². The van der Waals surface area contributed by atoms with Crippen molar-refractivity contribution in [3.63, 3.8) is 0 Å². The number of benzene rings is 1.